The molecule has 16 atom stereocenters. The number of aliphatic hydroxyl groups is 4. The fraction of sp³-hybridized carbons (Fsp3) is 0.464. The molecule has 8 aromatic rings. The zero-order chi connectivity index (χ0) is 68.6. The number of quaternary nitrogens is 1. The zero-order valence-electron chi connectivity index (χ0n) is 51.6. The number of aryl methyl sites for hydroxylation is 2. The number of fused-ring (bicyclic) bond motifs is 2. The molecular formula is C56H71IN15O20P2S2+. The SMILES string of the molecule is CO[C@H]1C(OP(=O)(OC[C@H]2O[C@@H](n3cnc4c(N)ncnc43)CC2O)SCc2ccc(C)cc2)[C@@H](CO)O[C@H]1n1ccc(=O)[nH]c1=O.CO[C@H]1C(OP(=O)([NH2+]S)OC[C@H]2O[C@@H](n3cnc4c(N)ncnc43)CC2O)[C@@H](CO)O[C@H]1n1ccc(=O)[nH]c1=O.Cc1ccc(CI)cc1. The summed E-state index contributed by atoms with van der Waals surface area (Å²) in [5.74, 6) is 0.632. The summed E-state index contributed by atoms with van der Waals surface area (Å²) in [6.07, 6.45) is -5.74. The maximum atomic E-state index is 14.5. The molecule has 0 aliphatic carbocycles. The molecule has 0 radical (unpaired) electrons. The lowest BCUT2D eigenvalue weighted by molar-refractivity contribution is -0.337. The highest BCUT2D eigenvalue weighted by Crippen LogP contribution is 2.64. The van der Waals surface area contributed by atoms with Crippen LogP contribution >= 0.6 is 61.3 Å². The second kappa shape index (κ2) is 32.2. The molecule has 4 aliphatic rings. The van der Waals surface area contributed by atoms with Crippen molar-refractivity contribution in [3.8, 4) is 0 Å². The number of nitrogens with two attached hydrogens (primary N) is 3. The average molecular weight is 1530 g/mol. The van der Waals surface area contributed by atoms with Crippen LogP contribution in [0.25, 0.3) is 22.3 Å². The molecule has 6 unspecified atom stereocenters. The number of H-pyrrole nitrogens is 2. The van der Waals surface area contributed by atoms with E-state index in [1.807, 2.05) is 31.2 Å². The Kier molecular flexibility index (Phi) is 24.3. The Morgan fingerprint density at radius 2 is 1.07 bits per heavy atom. The molecule has 10 heterocycles. The molecule has 6 aromatic heterocycles. The van der Waals surface area contributed by atoms with E-state index in [4.69, 9.17) is 58.0 Å². The number of nitrogens with one attached hydrogen (secondary N) is 2. The van der Waals surface area contributed by atoms with E-state index in [0.717, 1.165) is 52.7 Å². The van der Waals surface area contributed by atoms with Gasteiger partial charge in [0.15, 0.2) is 35.4 Å². The van der Waals surface area contributed by atoms with Gasteiger partial charge in [0, 0.05) is 61.8 Å². The van der Waals surface area contributed by atoms with Crippen molar-refractivity contribution in [1.82, 2.24) is 58.1 Å². The Morgan fingerprint density at radius 1 is 0.625 bits per heavy atom. The van der Waals surface area contributed by atoms with Crippen molar-refractivity contribution in [2.24, 2.45) is 0 Å². The molecule has 0 amide bonds. The maximum absolute atomic E-state index is 14.5. The van der Waals surface area contributed by atoms with Gasteiger partial charge >= 0.3 is 25.9 Å². The number of nitrogen functional groups attached to an aromatic ring is 2. The number of alkyl halides is 1. The van der Waals surface area contributed by atoms with E-state index in [1.54, 1.807) is 9.13 Å². The minimum Gasteiger partial charge on any atom is -0.394 e. The number of aromatic amines is 2. The van der Waals surface area contributed by atoms with Crippen molar-refractivity contribution in [1.29, 1.82) is 0 Å². The summed E-state index contributed by atoms with van der Waals surface area (Å²) in [4.78, 5) is 77.0. The second-order valence-corrected chi connectivity index (χ2v) is 29.4. The summed E-state index contributed by atoms with van der Waals surface area (Å²) in [6, 6.07) is 18.5. The molecule has 2 aromatic carbocycles. The predicted octanol–water partition coefficient (Wildman–Crippen LogP) is 1.62. The Hall–Kier alpha value is -6.21. The first-order valence-corrected chi connectivity index (χ1v) is 36.3. The molecule has 4 aliphatic heterocycles. The number of halogens is 1. The third-order valence-electron chi connectivity index (χ3n) is 15.8. The number of methoxy groups -OCH3 is 2. The fourth-order valence-electron chi connectivity index (χ4n) is 10.8. The number of ether oxygens (including phenoxy) is 6. The van der Waals surface area contributed by atoms with Crippen LogP contribution in [0, 0.1) is 13.8 Å². The fourth-order valence-corrected chi connectivity index (χ4v) is 16.2. The molecule has 0 saturated carbocycles. The minimum absolute atomic E-state index is 0.156. The number of anilines is 2. The quantitative estimate of drug-likeness (QED) is 0.0188. The molecule has 40 heteroatoms. The molecule has 4 saturated heterocycles. The number of aliphatic hydroxyl groups excluding tert-OH is 4. The van der Waals surface area contributed by atoms with Crippen molar-refractivity contribution in [2.45, 2.75) is 123 Å². The van der Waals surface area contributed by atoms with E-state index >= 15 is 0 Å². The molecule has 12 rings (SSSR count). The van der Waals surface area contributed by atoms with Crippen molar-refractivity contribution in [3.05, 3.63) is 162 Å². The van der Waals surface area contributed by atoms with Gasteiger partial charge in [0.2, 0.25) is 0 Å². The summed E-state index contributed by atoms with van der Waals surface area (Å²) in [7, 11) is -1.46. The normalized spacial score (nSPS) is 26.9. The molecule has 518 valence electrons. The summed E-state index contributed by atoms with van der Waals surface area (Å²) >= 11 is 7.28. The zero-order valence-corrected chi connectivity index (χ0v) is 57.3. The molecule has 0 spiro atoms. The average Bonchev–Trinajstić information content (AvgIpc) is 1.68. The largest absolute Gasteiger partial charge is 0.540 e. The number of imidazole rings is 2. The van der Waals surface area contributed by atoms with Gasteiger partial charge in [-0.1, -0.05) is 82.2 Å². The lowest BCUT2D eigenvalue weighted by Crippen LogP contribution is -2.68. The Bertz CT molecular complexity index is 4290. The number of rotatable bonds is 23. The monoisotopic (exact) mass is 1530 g/mol. The molecule has 35 nitrogen and oxygen atoms in total. The van der Waals surface area contributed by atoms with Crippen LogP contribution in [-0.4, -0.2) is 180 Å². The standard InChI is InChI=1S/C28H34N7O10PS.C20H27N8O10PS.C8H9I/c1-15-3-5-16(6-4-15)12-47-46(40,45-23-18(10-36)44-27(24(23)41-2)34-8-7-20(38)33-28(34)39)42-11-19-17(37)9-21(43-19)35-14-32-22-25(29)30-13-31-26(22)35;1-34-16-15(10(5-29)37-19(16)27-3-2-12(31)25-20(27)32)38-39(33,26-40)35-6-11-9(30)4-13(36-11)28-8-24-14-17(21)22-7-23-18(14)28;1-7-2-4-8(6-9)5-3-7/h3-8,13-14,17-19,21,23-24,27,36-37H,9-12H2,1-2H3,(H2,29,30,31)(H,33,38,39);2-3,7-11,13,15-16,19,29-30,40H,4-6H2,1H3,(H,26,33)(H2,21,22,23)(H,25,31,32);2-5H,6H2,1H3/p+1/t17?,18-,19-,21-,23?,24+,27-,46?;9?,10-,11-,13-,15?,16+,19-,39?;/m11./s1. The number of hydrogen-bond donors (Lipinski definition) is 10. The highest BCUT2D eigenvalue weighted by molar-refractivity contribution is 14.1. The highest BCUT2D eigenvalue weighted by atomic mass is 127. The van der Waals surface area contributed by atoms with Gasteiger partial charge in [-0.15, -0.1) is 0 Å². The second-order valence-electron chi connectivity index (χ2n) is 22.2. The van der Waals surface area contributed by atoms with Crippen LogP contribution in [0.3, 0.4) is 0 Å². The van der Waals surface area contributed by atoms with Crippen molar-refractivity contribution < 1.29 is 80.6 Å². The summed E-state index contributed by atoms with van der Waals surface area (Å²) in [5.41, 5.74) is 15.2. The van der Waals surface area contributed by atoms with Gasteiger partial charge in [-0.3, -0.25) is 55.9 Å². The van der Waals surface area contributed by atoms with Crippen LogP contribution in [0.4, 0.5) is 11.6 Å². The number of thiol groups is 1. The van der Waals surface area contributed by atoms with E-state index < -0.39 is 136 Å². The Labute approximate surface area is 568 Å². The number of benzene rings is 2. The van der Waals surface area contributed by atoms with Crippen LogP contribution < -0.4 is 38.5 Å². The lowest BCUT2D eigenvalue weighted by atomic mass is 10.1. The lowest BCUT2D eigenvalue weighted by Gasteiger charge is -2.28. The molecular weight excluding hydrogens is 1460 g/mol. The van der Waals surface area contributed by atoms with Crippen LogP contribution in [0.1, 0.15) is 60.0 Å². The van der Waals surface area contributed by atoms with Crippen LogP contribution in [-0.2, 0) is 65.8 Å². The third kappa shape index (κ3) is 16.7. The van der Waals surface area contributed by atoms with Gasteiger partial charge in [0.1, 0.15) is 85.0 Å². The minimum atomic E-state index is -4.14. The van der Waals surface area contributed by atoms with E-state index in [-0.39, 0.29) is 43.4 Å². The van der Waals surface area contributed by atoms with Crippen LogP contribution in [0.15, 0.2) is 118 Å². The summed E-state index contributed by atoms with van der Waals surface area (Å²) in [6.45, 7) is -1.90. The molecule has 96 heavy (non-hydrogen) atoms. The smallest absolute Gasteiger partial charge is 0.394 e. The summed E-state index contributed by atoms with van der Waals surface area (Å²) in [5, 5.41) is 41.6. The van der Waals surface area contributed by atoms with Crippen molar-refractivity contribution >= 4 is 95.3 Å². The van der Waals surface area contributed by atoms with Gasteiger partial charge < -0.3 is 60.3 Å². The van der Waals surface area contributed by atoms with E-state index in [2.05, 4.69) is 106 Å². The van der Waals surface area contributed by atoms with Crippen molar-refractivity contribution in [2.75, 3.05) is 52.1 Å². The van der Waals surface area contributed by atoms with Gasteiger partial charge in [-0.05, 0) is 36.4 Å². The van der Waals surface area contributed by atoms with Gasteiger partial charge in [0.05, 0.1) is 64.1 Å². The van der Waals surface area contributed by atoms with Crippen molar-refractivity contribution in [3.63, 3.8) is 0 Å². The third-order valence-corrected chi connectivity index (χ3v) is 22.5. The first-order valence-electron chi connectivity index (χ1n) is 29.5. The van der Waals surface area contributed by atoms with Gasteiger partial charge in [0.25, 0.3) is 11.1 Å². The maximum Gasteiger partial charge on any atom is 0.540 e. The summed E-state index contributed by atoms with van der Waals surface area (Å²) < 4.78 is 93.7. The van der Waals surface area contributed by atoms with Crippen LogP contribution in [0.5, 0.6) is 0 Å². The number of hydrogen-bond acceptors (Lipinski definition) is 30. The number of aromatic nitrogens is 12. The predicted molar refractivity (Wildman–Crippen MR) is 354 cm³/mol. The van der Waals surface area contributed by atoms with Gasteiger partial charge in [-0.25, -0.2) is 53.1 Å². The molecule has 0 bridgehead atoms. The first kappa shape index (κ1) is 72.5. The molecule has 4 fully saturated rings. The molecule has 12 N–H and O–H groups in total. The van der Waals surface area contributed by atoms with Crippen LogP contribution in [0.2, 0.25) is 0 Å². The highest BCUT2D eigenvalue weighted by Gasteiger charge is 2.53. The first-order chi connectivity index (χ1) is 46.1. The topological polar surface area (TPSA) is 473 Å². The van der Waals surface area contributed by atoms with Gasteiger partial charge in [-0.2, -0.15) is 0 Å². The Morgan fingerprint density at radius 3 is 1.50 bits per heavy atom. The van der Waals surface area contributed by atoms with E-state index in [0.29, 0.717) is 22.3 Å². The number of nitrogens with zero attached hydrogens (tertiary/aromatic N) is 10. The van der Waals surface area contributed by atoms with E-state index in [1.165, 1.54) is 63.0 Å². The van der Waals surface area contributed by atoms with E-state index in [9.17, 15) is 48.7 Å². The Balaban J connectivity index is 0.000000186.